The molecule has 0 spiro atoms. The zero-order valence-electron chi connectivity index (χ0n) is 26.5. The first-order valence-electron chi connectivity index (χ1n) is 14.6. The predicted octanol–water partition coefficient (Wildman–Crippen LogP) is 11.0. The molecule has 1 radical (unpaired) electrons. The molecule has 0 aliphatic rings. The molecule has 7 rings (SSSR count). The van der Waals surface area contributed by atoms with E-state index in [-0.39, 0.29) is 25.5 Å². The van der Waals surface area contributed by atoms with Gasteiger partial charge in [0.05, 0.1) is 5.58 Å². The smallest absolute Gasteiger partial charge is 0.122 e. The molecule has 0 bridgehead atoms. The number of hydrogen-bond donors (Lipinski definition) is 0. The molecule has 4 heterocycles. The van der Waals surface area contributed by atoms with Gasteiger partial charge in [-0.3, -0.25) is 0 Å². The monoisotopic (exact) mass is 773 g/mol. The molecule has 3 aromatic carbocycles. The minimum atomic E-state index is 0. The number of fused-ring (bicyclic) bond motifs is 5. The van der Waals surface area contributed by atoms with E-state index in [1.165, 1.54) is 48.2 Å². The van der Waals surface area contributed by atoms with Crippen molar-refractivity contribution in [2.45, 2.75) is 60.8 Å². The van der Waals surface area contributed by atoms with Gasteiger partial charge in [-0.2, -0.15) is 0 Å². The van der Waals surface area contributed by atoms with Crippen LogP contribution in [0, 0.1) is 46.8 Å². The van der Waals surface area contributed by atoms with Crippen molar-refractivity contribution in [2.75, 3.05) is 0 Å². The first-order valence-corrected chi connectivity index (χ1v) is 15.5. The van der Waals surface area contributed by atoms with Crippen molar-refractivity contribution in [1.29, 1.82) is 0 Å². The van der Waals surface area contributed by atoms with Crippen LogP contribution in [0.5, 0.6) is 0 Å². The Kier molecular flexibility index (Phi) is 8.96. The summed E-state index contributed by atoms with van der Waals surface area (Å²) in [4.78, 5) is 10.4. The molecule has 0 aliphatic carbocycles. The van der Waals surface area contributed by atoms with Crippen molar-refractivity contribution in [1.82, 2.24) is 9.97 Å². The summed E-state index contributed by atoms with van der Waals surface area (Å²) >= 11 is 1.82. The third-order valence-electron chi connectivity index (χ3n) is 7.99. The zero-order chi connectivity index (χ0) is 30.5. The Morgan fingerprint density at radius 2 is 1.52 bits per heavy atom. The minimum Gasteiger partial charge on any atom is -0.501 e. The summed E-state index contributed by atoms with van der Waals surface area (Å²) in [6, 6.07) is 27.6. The van der Waals surface area contributed by atoms with E-state index < -0.39 is 0 Å². The van der Waals surface area contributed by atoms with Crippen LogP contribution in [0.3, 0.4) is 0 Å². The zero-order valence-corrected chi connectivity index (χ0v) is 29.7. The topological polar surface area (TPSA) is 38.9 Å². The van der Waals surface area contributed by atoms with Gasteiger partial charge in [0.25, 0.3) is 0 Å². The Labute approximate surface area is 277 Å². The molecule has 0 amide bonds. The van der Waals surface area contributed by atoms with Crippen molar-refractivity contribution >= 4 is 43.4 Å². The number of hydrogen-bond acceptors (Lipinski definition) is 4. The summed E-state index contributed by atoms with van der Waals surface area (Å²) in [6.07, 6.45) is 3.88. The quantitative estimate of drug-likeness (QED) is 0.164. The maximum atomic E-state index is 6.35. The number of pyridine rings is 2. The van der Waals surface area contributed by atoms with Crippen LogP contribution < -0.4 is 0 Å². The second-order valence-corrected chi connectivity index (χ2v) is 13.7. The number of thiophene rings is 1. The van der Waals surface area contributed by atoms with Crippen LogP contribution in [-0.4, -0.2) is 9.97 Å². The average Bonchev–Trinajstić information content (AvgIpc) is 3.54. The Morgan fingerprint density at radius 3 is 2.23 bits per heavy atom. The number of nitrogens with zero attached hydrogens (tertiary/aromatic N) is 2. The van der Waals surface area contributed by atoms with E-state index in [4.69, 9.17) is 9.40 Å². The minimum absolute atomic E-state index is 0. The largest absolute Gasteiger partial charge is 0.501 e. The van der Waals surface area contributed by atoms with Gasteiger partial charge in [-0.1, -0.05) is 56.3 Å². The number of benzene rings is 3. The number of aromatic nitrogens is 2. The Balaban J connectivity index is 0.000000204. The van der Waals surface area contributed by atoms with Crippen molar-refractivity contribution in [3.05, 3.63) is 118 Å². The molecule has 0 aliphatic heterocycles. The second-order valence-electron chi connectivity index (χ2n) is 12.5. The number of furan rings is 1. The van der Waals surface area contributed by atoms with E-state index in [0.717, 1.165) is 39.1 Å². The van der Waals surface area contributed by atoms with Crippen LogP contribution in [0.25, 0.3) is 54.5 Å². The maximum absolute atomic E-state index is 6.35. The van der Waals surface area contributed by atoms with E-state index in [9.17, 15) is 0 Å². The molecular weight excluding hydrogens is 737 g/mol. The Bertz CT molecular complexity index is 2110. The fraction of sp³-hybridized carbons (Fsp3) is 0.231. The molecule has 4 aromatic heterocycles. The van der Waals surface area contributed by atoms with Gasteiger partial charge >= 0.3 is 0 Å². The first-order chi connectivity index (χ1) is 20.5. The van der Waals surface area contributed by atoms with Crippen molar-refractivity contribution in [3.8, 4) is 22.5 Å². The number of aryl methyl sites for hydroxylation is 5. The normalized spacial score (nSPS) is 11.5. The predicted molar refractivity (Wildman–Crippen MR) is 182 cm³/mol. The van der Waals surface area contributed by atoms with Crippen LogP contribution in [-0.2, 0) is 25.5 Å². The molecular formula is C39H36IrN2OS-2. The first kappa shape index (κ1) is 31.8. The van der Waals surface area contributed by atoms with Gasteiger partial charge in [-0.15, -0.1) is 64.9 Å². The molecule has 7 aromatic rings. The molecule has 44 heavy (non-hydrogen) atoms. The Hall–Kier alpha value is -3.63. The Morgan fingerprint density at radius 1 is 0.773 bits per heavy atom. The summed E-state index contributed by atoms with van der Waals surface area (Å²) in [5.74, 6) is 0. The van der Waals surface area contributed by atoms with Crippen LogP contribution in [0.2, 0.25) is 0 Å². The van der Waals surface area contributed by atoms with E-state index in [0.29, 0.717) is 0 Å². The molecule has 0 saturated carbocycles. The van der Waals surface area contributed by atoms with Gasteiger partial charge in [-0.25, -0.2) is 0 Å². The third kappa shape index (κ3) is 6.15. The SMILES string of the molecule is Cc1c[c-]c(-c2cc(C)c(C)cn2)cc1.Cc1cc2ccc3oc4c(-c5cc(C(C)(C)C)c(C)cn5)[c-]ccc4c3c2s1.[Ir]. The van der Waals surface area contributed by atoms with Crippen LogP contribution >= 0.6 is 11.3 Å². The second kappa shape index (κ2) is 12.4. The van der Waals surface area contributed by atoms with Crippen LogP contribution in [0.4, 0.5) is 0 Å². The molecule has 3 nitrogen and oxygen atoms in total. The molecule has 225 valence electrons. The van der Waals surface area contributed by atoms with Gasteiger partial charge in [0.1, 0.15) is 5.58 Å². The van der Waals surface area contributed by atoms with Gasteiger partial charge in [0.15, 0.2) is 0 Å². The van der Waals surface area contributed by atoms with Crippen molar-refractivity contribution in [2.24, 2.45) is 0 Å². The summed E-state index contributed by atoms with van der Waals surface area (Å²) in [5.41, 5.74) is 12.0. The molecule has 0 saturated heterocycles. The summed E-state index contributed by atoms with van der Waals surface area (Å²) in [7, 11) is 0. The van der Waals surface area contributed by atoms with Crippen LogP contribution in [0.15, 0.2) is 77.5 Å². The third-order valence-corrected chi connectivity index (χ3v) is 9.07. The summed E-state index contributed by atoms with van der Waals surface area (Å²) in [5, 5.41) is 3.61. The number of rotatable bonds is 2. The van der Waals surface area contributed by atoms with Crippen molar-refractivity contribution in [3.63, 3.8) is 0 Å². The van der Waals surface area contributed by atoms with Crippen LogP contribution in [0.1, 0.15) is 53.5 Å². The molecule has 0 fully saturated rings. The average molecular weight is 773 g/mol. The molecule has 5 heteroatoms. The van der Waals surface area contributed by atoms with Gasteiger partial charge in [-0.05, 0) is 84.8 Å². The maximum Gasteiger partial charge on any atom is 0.122 e. The molecule has 0 atom stereocenters. The summed E-state index contributed by atoms with van der Waals surface area (Å²) in [6.45, 7) is 17.2. The molecule has 0 unspecified atom stereocenters. The van der Waals surface area contributed by atoms with Gasteiger partial charge < -0.3 is 14.4 Å². The molecule has 0 N–H and O–H groups in total. The summed E-state index contributed by atoms with van der Waals surface area (Å²) < 4.78 is 7.64. The van der Waals surface area contributed by atoms with Gasteiger partial charge in [0.2, 0.25) is 0 Å². The van der Waals surface area contributed by atoms with E-state index in [1.54, 1.807) is 0 Å². The fourth-order valence-corrected chi connectivity index (χ4v) is 6.61. The van der Waals surface area contributed by atoms with Crippen molar-refractivity contribution < 1.29 is 24.5 Å². The van der Waals surface area contributed by atoms with E-state index in [1.807, 2.05) is 35.9 Å². The van der Waals surface area contributed by atoms with E-state index in [2.05, 4.69) is 121 Å². The fourth-order valence-electron chi connectivity index (χ4n) is 5.54. The van der Waals surface area contributed by atoms with Gasteiger partial charge in [0, 0.05) is 47.5 Å². The van der Waals surface area contributed by atoms with E-state index >= 15 is 0 Å². The standard InChI is InChI=1S/C25H22NOS.C14H14N.Ir/c1-14-13-26-20(12-19(14)25(3,4)5)17-7-6-8-18-22-21(27-23(17)18)10-9-16-11-15(2)28-24(16)22;1-10-4-6-13(7-5-10)14-8-11(2)12(3)9-15-14;/h6,8-13H,1-5H3;4-6,8-9H,1-3H3;/q2*-1;.